The minimum Gasteiger partial charge on any atom is -0.303 e. The smallest absolute Gasteiger partial charge is 0.303 e. The van der Waals surface area contributed by atoms with Crippen LogP contribution in [0.4, 0.5) is 13.2 Å². The van der Waals surface area contributed by atoms with E-state index in [-0.39, 0.29) is 12.2 Å². The van der Waals surface area contributed by atoms with Crippen molar-refractivity contribution in [2.45, 2.75) is 26.6 Å². The summed E-state index contributed by atoms with van der Waals surface area (Å²) in [6.45, 7) is 3.83. The average molecular weight is 417 g/mol. The number of pyridine rings is 1. The van der Waals surface area contributed by atoms with Crippen LogP contribution in [-0.2, 0) is 12.7 Å². The molecule has 0 amide bonds. The van der Waals surface area contributed by atoms with E-state index in [2.05, 4.69) is 0 Å². The van der Waals surface area contributed by atoms with E-state index in [1.165, 1.54) is 22.8 Å². The number of alkyl halides is 3. The van der Waals surface area contributed by atoms with Gasteiger partial charge in [-0.1, -0.05) is 47.5 Å². The number of benzene rings is 2. The molecule has 0 N–H and O–H groups in total. The number of rotatable bonds is 3. The third kappa shape index (κ3) is 4.20. The summed E-state index contributed by atoms with van der Waals surface area (Å²) in [6, 6.07) is 14.1. The lowest BCUT2D eigenvalue weighted by Gasteiger charge is -2.18. The maximum atomic E-state index is 13.5. The van der Waals surface area contributed by atoms with E-state index in [0.717, 1.165) is 22.8 Å². The number of hydrogen-bond donors (Lipinski definition) is 0. The highest BCUT2D eigenvalue weighted by atomic mass is 35.5. The second-order valence-corrected chi connectivity index (χ2v) is 7.19. The van der Waals surface area contributed by atoms with E-state index in [1.807, 2.05) is 32.0 Å². The summed E-state index contributed by atoms with van der Waals surface area (Å²) in [5.74, 6) is 0. The summed E-state index contributed by atoms with van der Waals surface area (Å²) in [5.41, 5.74) is 0.0267. The normalized spacial score (nSPS) is 11.3. The van der Waals surface area contributed by atoms with E-state index in [0.29, 0.717) is 10.6 Å². The number of nitriles is 1. The molecule has 148 valence electrons. The Morgan fingerprint density at radius 1 is 1.07 bits per heavy atom. The van der Waals surface area contributed by atoms with Crippen LogP contribution in [0.15, 0.2) is 53.3 Å². The van der Waals surface area contributed by atoms with Gasteiger partial charge in [0.05, 0.1) is 17.8 Å². The molecule has 7 heteroatoms. The molecule has 0 unspecified atom stereocenters. The topological polar surface area (TPSA) is 45.8 Å². The molecule has 0 aliphatic heterocycles. The molecule has 0 saturated heterocycles. The van der Waals surface area contributed by atoms with Gasteiger partial charge in [0.2, 0.25) is 0 Å². The number of nitrogens with zero attached hydrogens (tertiary/aromatic N) is 2. The highest BCUT2D eigenvalue weighted by Gasteiger charge is 2.36. The van der Waals surface area contributed by atoms with Crippen molar-refractivity contribution in [3.05, 3.63) is 91.7 Å². The van der Waals surface area contributed by atoms with Gasteiger partial charge < -0.3 is 4.57 Å². The lowest BCUT2D eigenvalue weighted by atomic mass is 10.0. The zero-order valence-corrected chi connectivity index (χ0v) is 16.4. The van der Waals surface area contributed by atoms with Gasteiger partial charge in [-0.3, -0.25) is 4.79 Å². The van der Waals surface area contributed by atoms with Crippen LogP contribution in [0.25, 0.3) is 11.3 Å². The summed E-state index contributed by atoms with van der Waals surface area (Å²) >= 11 is 5.90. The maximum Gasteiger partial charge on any atom is 0.417 e. The Hall–Kier alpha value is -3.04. The highest BCUT2D eigenvalue weighted by molar-refractivity contribution is 6.30. The molecule has 0 radical (unpaired) electrons. The third-order valence-corrected chi connectivity index (χ3v) is 4.94. The predicted molar refractivity (Wildman–Crippen MR) is 106 cm³/mol. The first-order valence-corrected chi connectivity index (χ1v) is 9.07. The van der Waals surface area contributed by atoms with E-state index in [1.54, 1.807) is 12.1 Å². The van der Waals surface area contributed by atoms with Crippen LogP contribution in [-0.4, -0.2) is 4.57 Å². The van der Waals surface area contributed by atoms with Crippen LogP contribution in [0.5, 0.6) is 0 Å². The Labute approximate surface area is 170 Å². The summed E-state index contributed by atoms with van der Waals surface area (Å²) < 4.78 is 41.8. The molecule has 0 saturated carbocycles. The molecular weight excluding hydrogens is 401 g/mol. The van der Waals surface area contributed by atoms with Gasteiger partial charge in [0.25, 0.3) is 5.56 Å². The highest BCUT2D eigenvalue weighted by Crippen LogP contribution is 2.34. The van der Waals surface area contributed by atoms with Gasteiger partial charge >= 0.3 is 6.18 Å². The van der Waals surface area contributed by atoms with Crippen LogP contribution in [0, 0.1) is 25.2 Å². The van der Waals surface area contributed by atoms with Gasteiger partial charge in [0, 0.05) is 5.02 Å². The van der Waals surface area contributed by atoms with E-state index < -0.39 is 22.9 Å². The van der Waals surface area contributed by atoms with Crippen molar-refractivity contribution in [1.82, 2.24) is 4.57 Å². The first kappa shape index (κ1) is 20.7. The summed E-state index contributed by atoms with van der Waals surface area (Å²) in [5, 5.41) is 9.68. The standard InChI is InChI=1S/C22H16ClF3N2O/c1-13-3-4-16(14(2)9-13)12-28-20(15-5-7-17(23)8-6-15)10-19(22(24,25)26)18(11-27)21(28)29/h3-10H,12H2,1-2H3. The SMILES string of the molecule is Cc1ccc(Cn2c(-c3ccc(Cl)cc3)cc(C(F)(F)F)c(C#N)c2=O)c(C)c1. The number of aromatic nitrogens is 1. The molecule has 3 nitrogen and oxygen atoms in total. The van der Waals surface area contributed by atoms with Crippen LogP contribution in [0.3, 0.4) is 0 Å². The van der Waals surface area contributed by atoms with E-state index in [4.69, 9.17) is 11.6 Å². The zero-order chi connectivity index (χ0) is 21.3. The Balaban J connectivity index is 2.31. The van der Waals surface area contributed by atoms with Crippen molar-refractivity contribution in [1.29, 1.82) is 5.26 Å². The molecule has 0 atom stereocenters. The minimum absolute atomic E-state index is 0.0374. The fraction of sp³-hybridized carbons (Fsp3) is 0.182. The van der Waals surface area contributed by atoms with Crippen LogP contribution in [0.2, 0.25) is 5.02 Å². The van der Waals surface area contributed by atoms with E-state index in [9.17, 15) is 23.2 Å². The van der Waals surface area contributed by atoms with Crippen molar-refractivity contribution in [2.24, 2.45) is 0 Å². The third-order valence-electron chi connectivity index (χ3n) is 4.68. The van der Waals surface area contributed by atoms with Gasteiger partial charge in [-0.15, -0.1) is 0 Å². The molecule has 0 aliphatic carbocycles. The second kappa shape index (κ2) is 7.76. The Morgan fingerprint density at radius 3 is 2.28 bits per heavy atom. The molecule has 0 spiro atoms. The molecule has 1 aromatic heterocycles. The Kier molecular flexibility index (Phi) is 5.54. The van der Waals surface area contributed by atoms with E-state index >= 15 is 0 Å². The van der Waals surface area contributed by atoms with Crippen molar-refractivity contribution in [2.75, 3.05) is 0 Å². The average Bonchev–Trinajstić information content (AvgIpc) is 2.64. The first-order valence-electron chi connectivity index (χ1n) is 8.69. The molecular formula is C22H16ClF3N2O. The number of halogens is 4. The van der Waals surface area contributed by atoms with Gasteiger partial charge in [0.15, 0.2) is 0 Å². The molecule has 0 fully saturated rings. The van der Waals surface area contributed by atoms with Crippen LogP contribution >= 0.6 is 11.6 Å². The van der Waals surface area contributed by atoms with Crippen molar-refractivity contribution < 1.29 is 13.2 Å². The van der Waals surface area contributed by atoms with Gasteiger partial charge in [0.1, 0.15) is 11.6 Å². The Bertz CT molecular complexity index is 1170. The molecule has 29 heavy (non-hydrogen) atoms. The summed E-state index contributed by atoms with van der Waals surface area (Å²) in [7, 11) is 0. The predicted octanol–water partition coefficient (Wildman–Crippen LogP) is 5.72. The van der Waals surface area contributed by atoms with Crippen molar-refractivity contribution >= 4 is 11.6 Å². The van der Waals surface area contributed by atoms with Crippen molar-refractivity contribution in [3.8, 4) is 17.3 Å². The van der Waals surface area contributed by atoms with Gasteiger partial charge in [-0.05, 0) is 48.7 Å². The number of hydrogen-bond acceptors (Lipinski definition) is 2. The molecule has 3 rings (SSSR count). The zero-order valence-electron chi connectivity index (χ0n) is 15.6. The lowest BCUT2D eigenvalue weighted by Crippen LogP contribution is -2.29. The molecule has 0 aliphatic rings. The van der Waals surface area contributed by atoms with Gasteiger partial charge in [-0.2, -0.15) is 18.4 Å². The molecule has 2 aromatic carbocycles. The minimum atomic E-state index is -4.83. The largest absolute Gasteiger partial charge is 0.417 e. The molecule has 1 heterocycles. The Morgan fingerprint density at radius 2 is 1.72 bits per heavy atom. The second-order valence-electron chi connectivity index (χ2n) is 6.76. The summed E-state index contributed by atoms with van der Waals surface area (Å²) in [4.78, 5) is 12.9. The fourth-order valence-electron chi connectivity index (χ4n) is 3.19. The fourth-order valence-corrected chi connectivity index (χ4v) is 3.31. The van der Waals surface area contributed by atoms with Crippen molar-refractivity contribution in [3.63, 3.8) is 0 Å². The lowest BCUT2D eigenvalue weighted by molar-refractivity contribution is -0.137. The maximum absolute atomic E-state index is 13.5. The molecule has 0 bridgehead atoms. The monoisotopic (exact) mass is 416 g/mol. The number of aryl methyl sites for hydroxylation is 2. The van der Waals surface area contributed by atoms with Gasteiger partial charge in [-0.25, -0.2) is 0 Å². The van der Waals surface area contributed by atoms with Crippen LogP contribution in [0.1, 0.15) is 27.8 Å². The quantitative estimate of drug-likeness (QED) is 0.547. The summed E-state index contributed by atoms with van der Waals surface area (Å²) in [6.07, 6.45) is -4.83. The van der Waals surface area contributed by atoms with Crippen LogP contribution < -0.4 is 5.56 Å². The first-order chi connectivity index (χ1) is 13.6. The molecule has 3 aromatic rings.